The molecule has 0 amide bonds. The van der Waals surface area contributed by atoms with Gasteiger partial charge in [-0.05, 0) is 29.7 Å². The van der Waals surface area contributed by atoms with E-state index in [1.54, 1.807) is 13.8 Å². The van der Waals surface area contributed by atoms with Crippen LogP contribution in [0.1, 0.15) is 35.7 Å². The maximum Gasteiger partial charge on any atom is 0.335 e. The van der Waals surface area contributed by atoms with E-state index in [1.807, 2.05) is 4.72 Å². The van der Waals surface area contributed by atoms with Crippen LogP contribution >= 0.6 is 11.6 Å². The largest absolute Gasteiger partial charge is 0.505 e. The summed E-state index contributed by atoms with van der Waals surface area (Å²) in [6.07, 6.45) is 0. The van der Waals surface area contributed by atoms with Crippen molar-refractivity contribution in [3.8, 4) is 5.75 Å². The fourth-order valence-electron chi connectivity index (χ4n) is 2.19. The van der Waals surface area contributed by atoms with Gasteiger partial charge in [0.05, 0.1) is 16.3 Å². The quantitative estimate of drug-likeness (QED) is 0.698. The first-order valence-corrected chi connectivity index (χ1v) is 9.07. The Morgan fingerprint density at radius 3 is 2.31 bits per heavy atom. The monoisotopic (exact) mass is 405 g/mol. The van der Waals surface area contributed by atoms with Gasteiger partial charge in [-0.1, -0.05) is 25.4 Å². The number of carboxylic acids is 1. The summed E-state index contributed by atoms with van der Waals surface area (Å²) in [7, 11) is -4.61. The molecule has 140 valence electrons. The number of nitrogens with one attached hydrogen (secondary N) is 1. The van der Waals surface area contributed by atoms with Crippen LogP contribution in [0.15, 0.2) is 29.2 Å². The van der Waals surface area contributed by atoms with E-state index >= 15 is 0 Å². The van der Waals surface area contributed by atoms with Crippen LogP contribution in [0.25, 0.3) is 0 Å². The number of aromatic hydroxyl groups is 1. The number of carboxylic acid groups (broad SMARTS) is 1. The number of aromatic carboxylic acids is 1. The average Bonchev–Trinajstić information content (AvgIpc) is 2.51. The molecule has 0 heterocycles. The van der Waals surface area contributed by atoms with Gasteiger partial charge in [0.1, 0.15) is 16.5 Å². The van der Waals surface area contributed by atoms with Crippen LogP contribution in [0.4, 0.5) is 14.5 Å². The van der Waals surface area contributed by atoms with Crippen molar-refractivity contribution in [1.29, 1.82) is 0 Å². The molecule has 0 aliphatic heterocycles. The predicted octanol–water partition coefficient (Wildman–Crippen LogP) is 3.95. The van der Waals surface area contributed by atoms with Crippen molar-refractivity contribution in [2.75, 3.05) is 4.72 Å². The van der Waals surface area contributed by atoms with Crippen LogP contribution in [0.3, 0.4) is 0 Å². The molecule has 3 N–H and O–H groups in total. The molecule has 0 aliphatic rings. The molecule has 2 aromatic carbocycles. The smallest absolute Gasteiger partial charge is 0.335 e. The Bertz CT molecular complexity index is 993. The molecule has 0 bridgehead atoms. The topological polar surface area (TPSA) is 104 Å². The fraction of sp³-hybridized carbons (Fsp3) is 0.188. The molecule has 10 heteroatoms. The molecule has 0 fully saturated rings. The minimum absolute atomic E-state index is 0.0747. The van der Waals surface area contributed by atoms with Crippen molar-refractivity contribution in [3.63, 3.8) is 0 Å². The molecular formula is C16H14ClF2NO5S. The summed E-state index contributed by atoms with van der Waals surface area (Å²) < 4.78 is 54.6. The minimum Gasteiger partial charge on any atom is -0.505 e. The Hall–Kier alpha value is -2.39. The maximum absolute atomic E-state index is 14.0. The van der Waals surface area contributed by atoms with Crippen molar-refractivity contribution in [1.82, 2.24) is 0 Å². The Labute approximate surface area is 153 Å². The van der Waals surface area contributed by atoms with E-state index < -0.39 is 54.5 Å². The van der Waals surface area contributed by atoms with Crippen molar-refractivity contribution in [3.05, 3.63) is 52.0 Å². The molecule has 0 saturated carbocycles. The first-order valence-electron chi connectivity index (χ1n) is 7.21. The fourth-order valence-corrected chi connectivity index (χ4v) is 3.67. The van der Waals surface area contributed by atoms with Crippen molar-refractivity contribution >= 4 is 33.3 Å². The normalized spacial score (nSPS) is 11.6. The Kier molecular flexibility index (Phi) is 5.43. The first kappa shape index (κ1) is 19.9. The number of phenolic OH excluding ortho intramolecular Hbond substituents is 1. The summed E-state index contributed by atoms with van der Waals surface area (Å²) in [5, 5.41) is 18.4. The zero-order valence-electron chi connectivity index (χ0n) is 13.5. The second kappa shape index (κ2) is 7.08. The lowest BCUT2D eigenvalue weighted by Gasteiger charge is -2.14. The lowest BCUT2D eigenvalue weighted by Crippen LogP contribution is -2.16. The number of carbonyl (C=O) groups is 1. The summed E-state index contributed by atoms with van der Waals surface area (Å²) in [6, 6.07) is 3.07. The second-order valence-electron chi connectivity index (χ2n) is 5.72. The molecule has 0 aromatic heterocycles. The molecule has 2 aromatic rings. The van der Waals surface area contributed by atoms with E-state index in [2.05, 4.69) is 0 Å². The number of anilines is 1. The van der Waals surface area contributed by atoms with Crippen molar-refractivity contribution in [2.45, 2.75) is 24.7 Å². The molecule has 0 saturated heterocycles. The van der Waals surface area contributed by atoms with Crippen LogP contribution in [0.2, 0.25) is 5.02 Å². The van der Waals surface area contributed by atoms with Gasteiger partial charge in [-0.3, -0.25) is 4.72 Å². The molecule has 0 radical (unpaired) electrons. The first-order chi connectivity index (χ1) is 11.9. The van der Waals surface area contributed by atoms with Crippen molar-refractivity contribution in [2.24, 2.45) is 0 Å². The molecule has 0 aliphatic carbocycles. The number of sulfonamides is 1. The van der Waals surface area contributed by atoms with E-state index in [-0.39, 0.29) is 11.5 Å². The van der Waals surface area contributed by atoms with Gasteiger partial charge >= 0.3 is 5.97 Å². The second-order valence-corrected chi connectivity index (χ2v) is 7.78. The Morgan fingerprint density at radius 1 is 1.15 bits per heavy atom. The van der Waals surface area contributed by atoms with Gasteiger partial charge in [-0.2, -0.15) is 0 Å². The molecule has 2 rings (SSSR count). The molecular weight excluding hydrogens is 392 g/mol. The highest BCUT2D eigenvalue weighted by molar-refractivity contribution is 7.92. The van der Waals surface area contributed by atoms with Crippen LogP contribution in [-0.4, -0.2) is 24.6 Å². The number of phenols is 1. The third-order valence-electron chi connectivity index (χ3n) is 3.52. The van der Waals surface area contributed by atoms with Crippen LogP contribution in [0.5, 0.6) is 5.75 Å². The maximum atomic E-state index is 14.0. The molecule has 26 heavy (non-hydrogen) atoms. The van der Waals surface area contributed by atoms with Gasteiger partial charge in [0.2, 0.25) is 0 Å². The summed E-state index contributed by atoms with van der Waals surface area (Å²) in [5.41, 5.74) is -0.965. The average molecular weight is 406 g/mol. The van der Waals surface area contributed by atoms with Gasteiger partial charge in [0.25, 0.3) is 10.0 Å². The molecule has 0 atom stereocenters. The predicted molar refractivity (Wildman–Crippen MR) is 91.3 cm³/mol. The Balaban J connectivity index is 2.57. The highest BCUT2D eigenvalue weighted by Crippen LogP contribution is 2.34. The van der Waals surface area contributed by atoms with E-state index in [1.165, 1.54) is 0 Å². The highest BCUT2D eigenvalue weighted by atomic mass is 35.5. The molecule has 0 spiro atoms. The standard InChI is InChI=1S/C16H14ClF2NO5S/c1-7(2)9-5-13(12(19)6-11(9)18)20-26(24,25)14-4-8(16(22)23)3-10(17)15(14)21/h3-7,20-21H,1-2H3,(H,22,23). The highest BCUT2D eigenvalue weighted by Gasteiger charge is 2.25. The number of halogens is 3. The zero-order chi connectivity index (χ0) is 19.8. The Morgan fingerprint density at radius 2 is 1.77 bits per heavy atom. The van der Waals surface area contributed by atoms with Gasteiger partial charge < -0.3 is 10.2 Å². The lowest BCUT2D eigenvalue weighted by molar-refractivity contribution is 0.0696. The summed E-state index contributed by atoms with van der Waals surface area (Å²) >= 11 is 5.66. The van der Waals surface area contributed by atoms with E-state index in [0.717, 1.165) is 12.1 Å². The third-order valence-corrected chi connectivity index (χ3v) is 5.18. The SMILES string of the molecule is CC(C)c1cc(NS(=O)(=O)c2cc(C(=O)O)cc(Cl)c2O)c(F)cc1F. The van der Waals surface area contributed by atoms with E-state index in [9.17, 15) is 27.1 Å². The number of benzene rings is 2. The van der Waals surface area contributed by atoms with Gasteiger partial charge in [0.15, 0.2) is 5.75 Å². The van der Waals surface area contributed by atoms with Gasteiger partial charge in [-0.15, -0.1) is 0 Å². The summed E-state index contributed by atoms with van der Waals surface area (Å²) in [6.45, 7) is 3.27. The van der Waals surface area contributed by atoms with Gasteiger partial charge in [-0.25, -0.2) is 22.0 Å². The van der Waals surface area contributed by atoms with Crippen LogP contribution < -0.4 is 4.72 Å². The number of hydrogen-bond acceptors (Lipinski definition) is 4. The zero-order valence-corrected chi connectivity index (χ0v) is 15.1. The van der Waals surface area contributed by atoms with Crippen molar-refractivity contribution < 1.29 is 32.2 Å². The molecule has 6 nitrogen and oxygen atoms in total. The van der Waals surface area contributed by atoms with Gasteiger partial charge in [0, 0.05) is 6.07 Å². The number of hydrogen-bond donors (Lipinski definition) is 3. The van der Waals surface area contributed by atoms with Crippen LogP contribution in [0, 0.1) is 11.6 Å². The summed E-state index contributed by atoms with van der Waals surface area (Å²) in [4.78, 5) is 10.2. The van der Waals surface area contributed by atoms with Crippen LogP contribution in [-0.2, 0) is 10.0 Å². The summed E-state index contributed by atoms with van der Waals surface area (Å²) in [5.74, 6) is -4.72. The number of rotatable bonds is 5. The third kappa shape index (κ3) is 3.88. The lowest BCUT2D eigenvalue weighted by atomic mass is 10.0. The molecule has 0 unspecified atom stereocenters. The minimum atomic E-state index is -4.61. The van der Waals surface area contributed by atoms with E-state index in [0.29, 0.717) is 12.1 Å². The van der Waals surface area contributed by atoms with E-state index in [4.69, 9.17) is 16.7 Å².